The Balaban J connectivity index is 1.49. The van der Waals surface area contributed by atoms with Crippen molar-refractivity contribution in [1.82, 2.24) is 19.9 Å². The van der Waals surface area contributed by atoms with Gasteiger partial charge in [0, 0.05) is 37.7 Å². The predicted molar refractivity (Wildman–Crippen MR) is 144 cm³/mol. The molecule has 1 N–H and O–H groups in total. The maximum Gasteiger partial charge on any atom is 0.304 e. The van der Waals surface area contributed by atoms with E-state index in [1.165, 1.54) is 16.7 Å². The Morgan fingerprint density at radius 3 is 2.76 bits per heavy atom. The molecule has 0 fully saturated rings. The van der Waals surface area contributed by atoms with Gasteiger partial charge in [-0.15, -0.1) is 5.10 Å². The molecular weight excluding hydrogens is 464 g/mol. The average molecular weight is 499 g/mol. The van der Waals surface area contributed by atoms with Crippen LogP contribution in [0.25, 0.3) is 11.0 Å². The van der Waals surface area contributed by atoms with Crippen molar-refractivity contribution in [2.75, 3.05) is 6.54 Å². The molecule has 1 unspecified atom stereocenters. The monoisotopic (exact) mass is 498 g/mol. The molecule has 0 saturated heterocycles. The van der Waals surface area contributed by atoms with Crippen LogP contribution in [-0.4, -0.2) is 43.6 Å². The second-order valence-corrected chi connectivity index (χ2v) is 10.1. The highest BCUT2D eigenvalue weighted by molar-refractivity contribution is 5.80. The van der Waals surface area contributed by atoms with Crippen LogP contribution in [0, 0.1) is 13.8 Å². The van der Waals surface area contributed by atoms with E-state index in [0.29, 0.717) is 0 Å². The number of carboxylic acid groups (broad SMARTS) is 1. The van der Waals surface area contributed by atoms with E-state index >= 15 is 0 Å². The van der Waals surface area contributed by atoms with Crippen LogP contribution < -0.4 is 4.74 Å². The molecule has 0 saturated carbocycles. The van der Waals surface area contributed by atoms with E-state index < -0.39 is 5.97 Å². The Kier molecular flexibility index (Phi) is 6.98. The second kappa shape index (κ2) is 10.3. The van der Waals surface area contributed by atoms with Gasteiger partial charge in [0.15, 0.2) is 0 Å². The van der Waals surface area contributed by atoms with Crippen molar-refractivity contribution in [3.8, 4) is 5.75 Å². The molecule has 7 nitrogen and oxygen atoms in total. The van der Waals surface area contributed by atoms with Gasteiger partial charge < -0.3 is 9.84 Å². The standard InChI is InChI=1S/C30H34N4O3/c1-5-34-27-13-12-25(21(4)30(27)31-32-34)26(15-29(35)36)22-11-10-19(2)24(14-22)18-33-16-20(3)37-28-9-7-6-8-23(28)17-33/h6-14,20,26H,5,15-18H2,1-4H3,(H,35,36)/t20-,26?/m0/s1. The maximum absolute atomic E-state index is 12.0. The molecule has 0 radical (unpaired) electrons. The third-order valence-electron chi connectivity index (χ3n) is 7.42. The molecule has 0 amide bonds. The zero-order chi connectivity index (χ0) is 26.1. The smallest absolute Gasteiger partial charge is 0.304 e. The fourth-order valence-corrected chi connectivity index (χ4v) is 5.49. The Morgan fingerprint density at radius 2 is 1.97 bits per heavy atom. The van der Waals surface area contributed by atoms with Gasteiger partial charge >= 0.3 is 5.97 Å². The number of aliphatic carboxylic acids is 1. The zero-order valence-electron chi connectivity index (χ0n) is 21.9. The Morgan fingerprint density at radius 1 is 1.16 bits per heavy atom. The molecule has 5 rings (SSSR count). The summed E-state index contributed by atoms with van der Waals surface area (Å²) in [6, 6.07) is 18.7. The lowest BCUT2D eigenvalue weighted by Crippen LogP contribution is -2.30. The molecule has 1 aromatic heterocycles. The van der Waals surface area contributed by atoms with Gasteiger partial charge in [-0.1, -0.05) is 47.7 Å². The van der Waals surface area contributed by atoms with E-state index in [0.717, 1.165) is 59.7 Å². The van der Waals surface area contributed by atoms with E-state index in [1.807, 2.05) is 42.8 Å². The van der Waals surface area contributed by atoms with Crippen LogP contribution in [0.2, 0.25) is 0 Å². The number of hydrogen-bond donors (Lipinski definition) is 1. The van der Waals surface area contributed by atoms with Crippen LogP contribution in [0.15, 0.2) is 54.6 Å². The average Bonchev–Trinajstić information content (AvgIpc) is 3.22. The number of fused-ring (bicyclic) bond motifs is 2. The van der Waals surface area contributed by atoms with Crippen molar-refractivity contribution in [1.29, 1.82) is 0 Å². The van der Waals surface area contributed by atoms with E-state index in [2.05, 4.69) is 59.4 Å². The largest absolute Gasteiger partial charge is 0.489 e. The van der Waals surface area contributed by atoms with Crippen LogP contribution in [0.4, 0.5) is 0 Å². The normalized spacial score (nSPS) is 16.7. The van der Waals surface area contributed by atoms with Crippen LogP contribution >= 0.6 is 0 Å². The lowest BCUT2D eigenvalue weighted by Gasteiger charge is -2.25. The number of hydrogen-bond acceptors (Lipinski definition) is 5. The summed E-state index contributed by atoms with van der Waals surface area (Å²) >= 11 is 0. The molecule has 4 aromatic rings. The highest BCUT2D eigenvalue weighted by Crippen LogP contribution is 2.35. The third kappa shape index (κ3) is 5.09. The highest BCUT2D eigenvalue weighted by atomic mass is 16.5. The summed E-state index contributed by atoms with van der Waals surface area (Å²) in [5.41, 5.74) is 8.37. The van der Waals surface area contributed by atoms with Crippen molar-refractivity contribution in [3.05, 3.63) is 88.0 Å². The number of para-hydroxylation sites is 1. The number of carbonyl (C=O) groups is 1. The predicted octanol–water partition coefficient (Wildman–Crippen LogP) is 5.46. The minimum atomic E-state index is -0.820. The number of carboxylic acids is 1. The highest BCUT2D eigenvalue weighted by Gasteiger charge is 2.24. The van der Waals surface area contributed by atoms with Gasteiger partial charge in [0.1, 0.15) is 17.4 Å². The van der Waals surface area contributed by atoms with E-state index in [1.54, 1.807) is 0 Å². The van der Waals surface area contributed by atoms with Crippen molar-refractivity contribution in [2.45, 2.75) is 65.8 Å². The summed E-state index contributed by atoms with van der Waals surface area (Å²) in [4.78, 5) is 14.4. The van der Waals surface area contributed by atoms with Crippen LogP contribution in [0.1, 0.15) is 59.6 Å². The summed E-state index contributed by atoms with van der Waals surface area (Å²) in [6.45, 7) is 11.4. The molecule has 0 aliphatic carbocycles. The van der Waals surface area contributed by atoms with Crippen LogP contribution in [-0.2, 0) is 24.4 Å². The van der Waals surface area contributed by atoms with Crippen molar-refractivity contribution >= 4 is 17.0 Å². The number of aromatic nitrogens is 3. The van der Waals surface area contributed by atoms with Crippen LogP contribution in [0.5, 0.6) is 5.75 Å². The molecule has 37 heavy (non-hydrogen) atoms. The van der Waals surface area contributed by atoms with Crippen molar-refractivity contribution in [3.63, 3.8) is 0 Å². The zero-order valence-corrected chi connectivity index (χ0v) is 21.9. The van der Waals surface area contributed by atoms with Gasteiger partial charge in [0.25, 0.3) is 0 Å². The summed E-state index contributed by atoms with van der Waals surface area (Å²) in [6.07, 6.45) is 0.0939. The number of benzene rings is 3. The number of nitrogens with zero attached hydrogens (tertiary/aromatic N) is 4. The van der Waals surface area contributed by atoms with E-state index in [-0.39, 0.29) is 18.4 Å². The summed E-state index contributed by atoms with van der Waals surface area (Å²) in [5.74, 6) is -0.144. The maximum atomic E-state index is 12.0. The Labute approximate surface area is 217 Å². The summed E-state index contributed by atoms with van der Waals surface area (Å²) in [7, 11) is 0. The summed E-state index contributed by atoms with van der Waals surface area (Å²) < 4.78 is 8.02. The minimum Gasteiger partial charge on any atom is -0.489 e. The van der Waals surface area contributed by atoms with Crippen molar-refractivity contribution < 1.29 is 14.6 Å². The molecule has 1 aliphatic heterocycles. The number of aryl methyl sites for hydroxylation is 3. The lowest BCUT2D eigenvalue weighted by molar-refractivity contribution is -0.137. The minimum absolute atomic E-state index is 0.0126. The molecule has 1 aliphatic rings. The first-order valence-corrected chi connectivity index (χ1v) is 12.9. The molecule has 0 bridgehead atoms. The number of rotatable bonds is 7. The fourth-order valence-electron chi connectivity index (χ4n) is 5.49. The summed E-state index contributed by atoms with van der Waals surface area (Å²) in [5, 5.41) is 18.5. The van der Waals surface area contributed by atoms with Gasteiger partial charge in [-0.25, -0.2) is 4.68 Å². The Hall–Kier alpha value is -3.71. The topological polar surface area (TPSA) is 80.5 Å². The molecular formula is C30H34N4O3. The number of ether oxygens (including phenoxy) is 1. The molecule has 2 heterocycles. The SMILES string of the molecule is CCn1nnc2c(C)c(C(CC(=O)O)c3ccc(C)c(CN4Cc5ccccc5O[C@@H](C)C4)c3)ccc21. The molecule has 2 atom stereocenters. The van der Waals surface area contributed by atoms with Crippen LogP contribution in [0.3, 0.4) is 0 Å². The first-order valence-electron chi connectivity index (χ1n) is 12.9. The Bertz CT molecular complexity index is 1440. The van der Waals surface area contributed by atoms with Gasteiger partial charge in [-0.05, 0) is 67.6 Å². The quantitative estimate of drug-likeness (QED) is 0.365. The van der Waals surface area contributed by atoms with Gasteiger partial charge in [0.05, 0.1) is 11.9 Å². The second-order valence-electron chi connectivity index (χ2n) is 10.1. The van der Waals surface area contributed by atoms with E-state index in [4.69, 9.17) is 4.74 Å². The fraction of sp³-hybridized carbons (Fsp3) is 0.367. The molecule has 192 valence electrons. The van der Waals surface area contributed by atoms with Gasteiger partial charge in [0.2, 0.25) is 0 Å². The van der Waals surface area contributed by atoms with Crippen molar-refractivity contribution in [2.24, 2.45) is 0 Å². The first kappa shape index (κ1) is 25.0. The third-order valence-corrected chi connectivity index (χ3v) is 7.42. The molecule has 0 spiro atoms. The lowest BCUT2D eigenvalue weighted by atomic mass is 9.84. The first-order chi connectivity index (χ1) is 17.8. The van der Waals surface area contributed by atoms with Gasteiger partial charge in [-0.3, -0.25) is 9.69 Å². The van der Waals surface area contributed by atoms with Gasteiger partial charge in [-0.2, -0.15) is 0 Å². The molecule has 7 heteroatoms. The van der Waals surface area contributed by atoms with E-state index in [9.17, 15) is 9.90 Å². The molecule has 3 aromatic carbocycles.